The number of hydrogen-bond acceptors (Lipinski definition) is 3. The molecular formula is C14H17N3O. The zero-order chi connectivity index (χ0) is 12.8. The number of rotatable bonds is 4. The number of amides is 1. The molecule has 0 bridgehead atoms. The molecule has 0 spiro atoms. The van der Waals surface area contributed by atoms with Crippen molar-refractivity contribution < 1.29 is 4.79 Å². The molecule has 4 heteroatoms. The molecule has 1 heterocycles. The molecule has 1 aromatic rings. The molecule has 1 aliphatic carbocycles. The SMILES string of the molecule is N#CCCN(C(=O)c1cccnc1)C1CCCC1. The highest BCUT2D eigenvalue weighted by molar-refractivity contribution is 5.94. The highest BCUT2D eigenvalue weighted by Gasteiger charge is 2.26. The van der Waals surface area contributed by atoms with E-state index < -0.39 is 0 Å². The molecule has 0 N–H and O–H groups in total. The van der Waals surface area contributed by atoms with Crippen LogP contribution in [0.1, 0.15) is 42.5 Å². The van der Waals surface area contributed by atoms with Crippen LogP contribution in [0.15, 0.2) is 24.5 Å². The van der Waals surface area contributed by atoms with Gasteiger partial charge in [-0.1, -0.05) is 12.8 Å². The quantitative estimate of drug-likeness (QED) is 0.815. The Labute approximate surface area is 107 Å². The second-order valence-electron chi connectivity index (χ2n) is 4.59. The fourth-order valence-electron chi connectivity index (χ4n) is 2.49. The van der Waals surface area contributed by atoms with Gasteiger partial charge in [0, 0.05) is 25.0 Å². The van der Waals surface area contributed by atoms with E-state index in [2.05, 4.69) is 11.1 Å². The Balaban J connectivity index is 2.12. The molecular weight excluding hydrogens is 226 g/mol. The summed E-state index contributed by atoms with van der Waals surface area (Å²) in [6, 6.07) is 5.97. The van der Waals surface area contributed by atoms with E-state index in [1.165, 1.54) is 12.8 Å². The van der Waals surface area contributed by atoms with Crippen molar-refractivity contribution in [2.24, 2.45) is 0 Å². The van der Waals surface area contributed by atoms with Crippen LogP contribution in [0.2, 0.25) is 0 Å². The van der Waals surface area contributed by atoms with Gasteiger partial charge >= 0.3 is 0 Å². The van der Waals surface area contributed by atoms with Crippen molar-refractivity contribution in [1.82, 2.24) is 9.88 Å². The number of pyridine rings is 1. The van der Waals surface area contributed by atoms with Crippen LogP contribution < -0.4 is 0 Å². The molecule has 4 nitrogen and oxygen atoms in total. The van der Waals surface area contributed by atoms with Gasteiger partial charge in [-0.25, -0.2) is 0 Å². The number of aromatic nitrogens is 1. The van der Waals surface area contributed by atoms with Gasteiger partial charge < -0.3 is 4.90 Å². The number of carbonyl (C=O) groups excluding carboxylic acids is 1. The van der Waals surface area contributed by atoms with Crippen molar-refractivity contribution in [3.63, 3.8) is 0 Å². The summed E-state index contributed by atoms with van der Waals surface area (Å²) in [6.45, 7) is 0.523. The molecule has 0 unspecified atom stereocenters. The first-order valence-electron chi connectivity index (χ1n) is 6.41. The number of nitrogens with zero attached hydrogens (tertiary/aromatic N) is 3. The molecule has 0 atom stereocenters. The first kappa shape index (κ1) is 12.6. The van der Waals surface area contributed by atoms with Gasteiger partial charge in [-0.2, -0.15) is 5.26 Å². The first-order chi connectivity index (χ1) is 8.83. The van der Waals surface area contributed by atoms with Gasteiger partial charge in [-0.3, -0.25) is 9.78 Å². The van der Waals surface area contributed by atoms with Gasteiger partial charge in [0.05, 0.1) is 18.1 Å². The average molecular weight is 243 g/mol. The smallest absolute Gasteiger partial charge is 0.255 e. The molecule has 0 saturated heterocycles. The maximum absolute atomic E-state index is 12.4. The Morgan fingerprint density at radius 1 is 1.50 bits per heavy atom. The van der Waals surface area contributed by atoms with Crippen LogP contribution in [-0.4, -0.2) is 28.4 Å². The average Bonchev–Trinajstić information content (AvgIpc) is 2.94. The maximum atomic E-state index is 12.4. The van der Waals surface area contributed by atoms with Crippen LogP contribution >= 0.6 is 0 Å². The van der Waals surface area contributed by atoms with Crippen molar-refractivity contribution in [2.45, 2.75) is 38.1 Å². The van der Waals surface area contributed by atoms with Gasteiger partial charge in [0.1, 0.15) is 0 Å². The summed E-state index contributed by atoms with van der Waals surface area (Å²) in [5, 5.41) is 8.71. The largest absolute Gasteiger partial charge is 0.335 e. The summed E-state index contributed by atoms with van der Waals surface area (Å²) in [7, 11) is 0. The molecule has 0 aromatic carbocycles. The van der Waals surface area contributed by atoms with Gasteiger partial charge in [0.15, 0.2) is 0 Å². The lowest BCUT2D eigenvalue weighted by molar-refractivity contribution is 0.0686. The normalized spacial score (nSPS) is 15.3. The molecule has 0 radical (unpaired) electrons. The number of carbonyl (C=O) groups is 1. The first-order valence-corrected chi connectivity index (χ1v) is 6.41. The molecule has 1 aliphatic rings. The lowest BCUT2D eigenvalue weighted by Crippen LogP contribution is -2.39. The van der Waals surface area contributed by atoms with Crippen molar-refractivity contribution in [1.29, 1.82) is 5.26 Å². The monoisotopic (exact) mass is 243 g/mol. The van der Waals surface area contributed by atoms with Crippen LogP contribution in [0.4, 0.5) is 0 Å². The fourth-order valence-corrected chi connectivity index (χ4v) is 2.49. The lowest BCUT2D eigenvalue weighted by Gasteiger charge is -2.28. The van der Waals surface area contributed by atoms with Gasteiger partial charge in [-0.05, 0) is 25.0 Å². The zero-order valence-corrected chi connectivity index (χ0v) is 10.4. The summed E-state index contributed by atoms with van der Waals surface area (Å²) in [5.41, 5.74) is 0.613. The van der Waals surface area contributed by atoms with Crippen LogP contribution in [0.25, 0.3) is 0 Å². The Morgan fingerprint density at radius 3 is 2.89 bits per heavy atom. The van der Waals surface area contributed by atoms with Gasteiger partial charge in [-0.15, -0.1) is 0 Å². The fraction of sp³-hybridized carbons (Fsp3) is 0.500. The van der Waals surface area contributed by atoms with Crippen LogP contribution in [-0.2, 0) is 0 Å². The Hall–Kier alpha value is -1.89. The van der Waals surface area contributed by atoms with Crippen LogP contribution in [0.5, 0.6) is 0 Å². The Bertz CT molecular complexity index is 432. The molecule has 1 amide bonds. The molecule has 1 aromatic heterocycles. The molecule has 18 heavy (non-hydrogen) atoms. The third-order valence-corrected chi connectivity index (χ3v) is 3.40. The van der Waals surface area contributed by atoms with E-state index in [0.29, 0.717) is 24.6 Å². The second-order valence-corrected chi connectivity index (χ2v) is 4.59. The summed E-state index contributed by atoms with van der Waals surface area (Å²) in [5.74, 6) is 0.00486. The third-order valence-electron chi connectivity index (χ3n) is 3.40. The predicted octanol–water partition coefficient (Wildman–Crippen LogP) is 2.38. The van der Waals surface area contributed by atoms with E-state index in [0.717, 1.165) is 12.8 Å². The summed E-state index contributed by atoms with van der Waals surface area (Å²) >= 11 is 0. The van der Waals surface area contributed by atoms with E-state index in [-0.39, 0.29) is 5.91 Å². The van der Waals surface area contributed by atoms with Crippen LogP contribution in [0, 0.1) is 11.3 Å². The molecule has 0 aliphatic heterocycles. The van der Waals surface area contributed by atoms with E-state index >= 15 is 0 Å². The van der Waals surface area contributed by atoms with Crippen molar-refractivity contribution in [3.8, 4) is 6.07 Å². The summed E-state index contributed by atoms with van der Waals surface area (Å²) < 4.78 is 0. The third kappa shape index (κ3) is 2.86. The van der Waals surface area contributed by atoms with Crippen molar-refractivity contribution in [2.75, 3.05) is 6.54 Å². The minimum absolute atomic E-state index is 0.00486. The van der Waals surface area contributed by atoms with E-state index in [1.807, 2.05) is 4.90 Å². The number of hydrogen-bond donors (Lipinski definition) is 0. The van der Waals surface area contributed by atoms with Gasteiger partial charge in [0.25, 0.3) is 5.91 Å². The van der Waals surface area contributed by atoms with Crippen molar-refractivity contribution in [3.05, 3.63) is 30.1 Å². The minimum atomic E-state index is 0.00486. The van der Waals surface area contributed by atoms with E-state index in [4.69, 9.17) is 5.26 Å². The van der Waals surface area contributed by atoms with Crippen LogP contribution in [0.3, 0.4) is 0 Å². The highest BCUT2D eigenvalue weighted by Crippen LogP contribution is 2.24. The number of nitriles is 1. The van der Waals surface area contributed by atoms with Crippen molar-refractivity contribution >= 4 is 5.91 Å². The summed E-state index contributed by atoms with van der Waals surface area (Å²) in [4.78, 5) is 18.3. The molecule has 2 rings (SSSR count). The second kappa shape index (κ2) is 6.15. The Kier molecular flexibility index (Phi) is 4.30. The summed E-state index contributed by atoms with van der Waals surface area (Å²) in [6.07, 6.45) is 8.10. The van der Waals surface area contributed by atoms with E-state index in [1.54, 1.807) is 24.5 Å². The minimum Gasteiger partial charge on any atom is -0.335 e. The maximum Gasteiger partial charge on any atom is 0.255 e. The topological polar surface area (TPSA) is 57.0 Å². The Morgan fingerprint density at radius 2 is 2.28 bits per heavy atom. The zero-order valence-electron chi connectivity index (χ0n) is 10.4. The highest BCUT2D eigenvalue weighted by atomic mass is 16.2. The molecule has 1 saturated carbocycles. The molecule has 94 valence electrons. The molecule has 1 fully saturated rings. The van der Waals surface area contributed by atoms with Gasteiger partial charge in [0.2, 0.25) is 0 Å². The van der Waals surface area contributed by atoms with E-state index in [9.17, 15) is 4.79 Å². The standard InChI is InChI=1S/C14H17N3O/c15-8-4-10-17(13-6-1-2-7-13)14(18)12-5-3-9-16-11-12/h3,5,9,11,13H,1-2,4,6-7,10H2. The lowest BCUT2D eigenvalue weighted by atomic mass is 10.1. The predicted molar refractivity (Wildman–Crippen MR) is 67.8 cm³/mol.